The first-order chi connectivity index (χ1) is 13.4. The minimum atomic E-state index is -0.430. The van der Waals surface area contributed by atoms with Gasteiger partial charge in [-0.05, 0) is 61.9 Å². The quantitative estimate of drug-likeness (QED) is 0.326. The molecular weight excluding hydrogens is 360 g/mol. The minimum absolute atomic E-state index is 0.165. The molecule has 2 bridgehead atoms. The first-order valence-corrected chi connectivity index (χ1v) is 9.46. The van der Waals surface area contributed by atoms with E-state index in [0.29, 0.717) is 5.75 Å². The van der Waals surface area contributed by atoms with E-state index in [1.807, 2.05) is 0 Å². The minimum Gasteiger partial charge on any atom is -0.482 e. The Morgan fingerprint density at radius 3 is 2.32 bits per heavy atom. The summed E-state index contributed by atoms with van der Waals surface area (Å²) in [5, 5.41) is 5.16. The van der Waals surface area contributed by atoms with Crippen LogP contribution in [0.2, 0.25) is 0 Å². The number of allylic oxidation sites excluding steroid dienone is 2. The fraction of sp³-hybridized carbons (Fsp3) is 0.429. The molecule has 7 heteroatoms. The number of hydrazone groups is 1. The average Bonchev–Trinajstić information content (AvgIpc) is 3.33. The predicted octanol–water partition coefficient (Wildman–Crippen LogP) is 2.16. The number of imide groups is 1. The lowest BCUT2D eigenvalue weighted by molar-refractivity contribution is -0.149. The maximum absolute atomic E-state index is 12.6. The van der Waals surface area contributed by atoms with Gasteiger partial charge in [-0.3, -0.25) is 9.59 Å². The maximum atomic E-state index is 12.6. The van der Waals surface area contributed by atoms with Crippen molar-refractivity contribution in [3.8, 4) is 5.75 Å². The Labute approximate surface area is 163 Å². The highest BCUT2D eigenvalue weighted by Crippen LogP contribution is 2.52. The number of fused-ring (bicyclic) bond motifs is 5. The summed E-state index contributed by atoms with van der Waals surface area (Å²) in [6.07, 6.45) is 6.32. The van der Waals surface area contributed by atoms with Crippen molar-refractivity contribution in [3.05, 3.63) is 42.0 Å². The van der Waals surface area contributed by atoms with E-state index in [9.17, 15) is 14.4 Å². The number of rotatable bonds is 6. The number of ether oxygens (including phenoxy) is 2. The van der Waals surface area contributed by atoms with Crippen LogP contribution in [0, 0.1) is 23.7 Å². The first kappa shape index (κ1) is 18.4. The third-order valence-corrected chi connectivity index (χ3v) is 5.37. The van der Waals surface area contributed by atoms with E-state index in [2.05, 4.69) is 17.3 Å². The van der Waals surface area contributed by atoms with Crippen LogP contribution in [0.5, 0.6) is 5.75 Å². The highest BCUT2D eigenvalue weighted by molar-refractivity contribution is 6.06. The van der Waals surface area contributed by atoms with Crippen molar-refractivity contribution < 1.29 is 23.9 Å². The molecule has 1 saturated heterocycles. The van der Waals surface area contributed by atoms with E-state index in [4.69, 9.17) is 9.47 Å². The third kappa shape index (κ3) is 3.32. The Morgan fingerprint density at radius 1 is 1.14 bits per heavy atom. The van der Waals surface area contributed by atoms with Crippen LogP contribution in [0.25, 0.3) is 0 Å². The van der Waals surface area contributed by atoms with Gasteiger partial charge in [0.25, 0.3) is 11.8 Å². The fourth-order valence-corrected chi connectivity index (χ4v) is 4.21. The SMILES string of the molecule is CC(C)OC(=O)COc1ccc(C=NN2C(=O)C3C4C=CC(C4)C3C2=O)cc1. The molecule has 4 rings (SSSR count). The van der Waals surface area contributed by atoms with Gasteiger partial charge < -0.3 is 9.47 Å². The highest BCUT2D eigenvalue weighted by atomic mass is 16.6. The zero-order chi connectivity index (χ0) is 19.8. The molecular formula is C21H22N2O5. The number of hydrogen-bond acceptors (Lipinski definition) is 6. The Balaban J connectivity index is 1.36. The fourth-order valence-electron chi connectivity index (χ4n) is 4.21. The topological polar surface area (TPSA) is 85.3 Å². The van der Waals surface area contributed by atoms with Gasteiger partial charge >= 0.3 is 5.97 Å². The number of esters is 1. The van der Waals surface area contributed by atoms with Crippen LogP contribution in [-0.4, -0.2) is 41.7 Å². The zero-order valence-electron chi connectivity index (χ0n) is 15.8. The number of hydrogen-bond donors (Lipinski definition) is 0. The summed E-state index contributed by atoms with van der Waals surface area (Å²) in [6.45, 7) is 3.38. The van der Waals surface area contributed by atoms with Crippen LogP contribution < -0.4 is 4.74 Å². The predicted molar refractivity (Wildman–Crippen MR) is 100 cm³/mol. The van der Waals surface area contributed by atoms with E-state index >= 15 is 0 Å². The van der Waals surface area contributed by atoms with Gasteiger partial charge in [0.1, 0.15) is 5.75 Å². The van der Waals surface area contributed by atoms with Crippen LogP contribution >= 0.6 is 0 Å². The molecule has 7 nitrogen and oxygen atoms in total. The van der Waals surface area contributed by atoms with Crippen LogP contribution in [0.4, 0.5) is 0 Å². The van der Waals surface area contributed by atoms with Crippen molar-refractivity contribution in [3.63, 3.8) is 0 Å². The molecule has 1 aliphatic heterocycles. The molecule has 0 aromatic heterocycles. The lowest BCUT2D eigenvalue weighted by Crippen LogP contribution is -2.28. The monoisotopic (exact) mass is 382 g/mol. The van der Waals surface area contributed by atoms with Crippen LogP contribution in [0.3, 0.4) is 0 Å². The average molecular weight is 382 g/mol. The van der Waals surface area contributed by atoms with Gasteiger partial charge in [-0.25, -0.2) is 4.79 Å². The van der Waals surface area contributed by atoms with Gasteiger partial charge in [-0.1, -0.05) is 12.2 Å². The third-order valence-electron chi connectivity index (χ3n) is 5.37. The molecule has 0 radical (unpaired) electrons. The largest absolute Gasteiger partial charge is 0.482 e. The van der Waals surface area contributed by atoms with E-state index in [0.717, 1.165) is 17.0 Å². The van der Waals surface area contributed by atoms with Gasteiger partial charge in [0.05, 0.1) is 24.2 Å². The molecule has 28 heavy (non-hydrogen) atoms. The van der Waals surface area contributed by atoms with Gasteiger partial charge in [-0.2, -0.15) is 10.1 Å². The zero-order valence-corrected chi connectivity index (χ0v) is 15.8. The first-order valence-electron chi connectivity index (χ1n) is 9.46. The summed E-state index contributed by atoms with van der Waals surface area (Å²) < 4.78 is 10.4. The lowest BCUT2D eigenvalue weighted by Gasteiger charge is -2.13. The molecule has 4 unspecified atom stereocenters. The van der Waals surface area contributed by atoms with Gasteiger partial charge in [0, 0.05) is 0 Å². The van der Waals surface area contributed by atoms with Crippen molar-refractivity contribution >= 4 is 24.0 Å². The van der Waals surface area contributed by atoms with Crippen molar-refractivity contribution in [2.24, 2.45) is 28.8 Å². The molecule has 1 aromatic rings. The Bertz CT molecular complexity index is 828. The molecule has 146 valence electrons. The normalized spacial score (nSPS) is 27.9. The Kier molecular flexibility index (Phi) is 4.75. The molecule has 1 aromatic carbocycles. The molecule has 2 fully saturated rings. The van der Waals surface area contributed by atoms with Crippen molar-refractivity contribution in [2.45, 2.75) is 26.4 Å². The van der Waals surface area contributed by atoms with E-state index in [-0.39, 0.29) is 48.2 Å². The standard InChI is InChI=1S/C21H22N2O5/c1-12(2)28-17(24)11-27-16-7-3-13(4-8-16)10-22-23-20(25)18-14-5-6-15(9-14)19(18)21(23)26/h3-8,10,12,14-15,18-19H,9,11H2,1-2H3. The Morgan fingerprint density at radius 2 is 1.75 bits per heavy atom. The van der Waals surface area contributed by atoms with E-state index < -0.39 is 5.97 Å². The number of amides is 2. The number of carbonyl (C=O) groups is 3. The maximum Gasteiger partial charge on any atom is 0.344 e. The molecule has 2 aliphatic carbocycles. The summed E-state index contributed by atoms with van der Waals surface area (Å²) >= 11 is 0. The molecule has 1 saturated carbocycles. The summed E-state index contributed by atoms with van der Waals surface area (Å²) in [4.78, 5) is 36.7. The number of benzene rings is 1. The summed E-state index contributed by atoms with van der Waals surface area (Å²) in [6, 6.07) is 6.86. The lowest BCUT2D eigenvalue weighted by atomic mass is 9.85. The van der Waals surface area contributed by atoms with Gasteiger partial charge in [-0.15, -0.1) is 0 Å². The summed E-state index contributed by atoms with van der Waals surface area (Å²) in [5.74, 6) is -0.472. The van der Waals surface area contributed by atoms with Crippen molar-refractivity contribution in [2.75, 3.05) is 6.61 Å². The number of carbonyl (C=O) groups excluding carboxylic acids is 3. The van der Waals surface area contributed by atoms with E-state index in [1.165, 1.54) is 6.21 Å². The summed E-state index contributed by atoms with van der Waals surface area (Å²) in [5.41, 5.74) is 0.718. The number of nitrogens with zero attached hydrogens (tertiary/aromatic N) is 2. The summed E-state index contributed by atoms with van der Waals surface area (Å²) in [7, 11) is 0. The van der Waals surface area contributed by atoms with E-state index in [1.54, 1.807) is 38.1 Å². The van der Waals surface area contributed by atoms with Crippen LogP contribution in [-0.2, 0) is 19.1 Å². The second-order valence-corrected chi connectivity index (χ2v) is 7.63. The van der Waals surface area contributed by atoms with Gasteiger partial charge in [0.15, 0.2) is 6.61 Å². The van der Waals surface area contributed by atoms with Crippen molar-refractivity contribution in [1.82, 2.24) is 5.01 Å². The molecule has 4 atom stereocenters. The molecule has 0 N–H and O–H groups in total. The molecule has 0 spiro atoms. The second kappa shape index (κ2) is 7.22. The highest BCUT2D eigenvalue weighted by Gasteiger charge is 2.59. The van der Waals surface area contributed by atoms with Crippen LogP contribution in [0.1, 0.15) is 25.8 Å². The van der Waals surface area contributed by atoms with Gasteiger partial charge in [0.2, 0.25) is 0 Å². The Hall–Kier alpha value is -2.96. The molecule has 1 heterocycles. The van der Waals surface area contributed by atoms with Crippen molar-refractivity contribution in [1.29, 1.82) is 0 Å². The smallest absolute Gasteiger partial charge is 0.344 e. The molecule has 3 aliphatic rings. The second-order valence-electron chi connectivity index (χ2n) is 7.63. The van der Waals surface area contributed by atoms with Crippen LogP contribution in [0.15, 0.2) is 41.5 Å². The molecule has 2 amide bonds.